The summed E-state index contributed by atoms with van der Waals surface area (Å²) in [5.74, 6) is 1.09. The van der Waals surface area contributed by atoms with E-state index in [9.17, 15) is 4.79 Å². The van der Waals surface area contributed by atoms with Crippen LogP contribution in [0.2, 0.25) is 0 Å². The monoisotopic (exact) mass is 308 g/mol. The third-order valence-corrected chi connectivity index (χ3v) is 3.79. The van der Waals surface area contributed by atoms with Crippen LogP contribution in [0, 0.1) is 0 Å². The van der Waals surface area contributed by atoms with Crippen LogP contribution in [0.3, 0.4) is 0 Å². The molecule has 1 aromatic carbocycles. The summed E-state index contributed by atoms with van der Waals surface area (Å²) >= 11 is 0. The molecule has 0 saturated carbocycles. The van der Waals surface area contributed by atoms with E-state index in [0.717, 1.165) is 5.69 Å². The zero-order chi connectivity index (χ0) is 16.2. The molecular formula is C18H20N4O. The Morgan fingerprint density at radius 2 is 2.04 bits per heavy atom. The first kappa shape index (κ1) is 15.2. The predicted octanol–water partition coefficient (Wildman–Crippen LogP) is 2.83. The van der Waals surface area contributed by atoms with Crippen molar-refractivity contribution in [1.29, 1.82) is 0 Å². The lowest BCUT2D eigenvalue weighted by Gasteiger charge is -2.07. The summed E-state index contributed by atoms with van der Waals surface area (Å²) in [6, 6.07) is 9.63. The van der Waals surface area contributed by atoms with Crippen molar-refractivity contribution in [3.63, 3.8) is 0 Å². The van der Waals surface area contributed by atoms with Crippen LogP contribution >= 0.6 is 0 Å². The quantitative estimate of drug-likeness (QED) is 0.788. The molecule has 0 saturated heterocycles. The predicted molar refractivity (Wildman–Crippen MR) is 89.6 cm³/mol. The Morgan fingerprint density at radius 1 is 1.26 bits per heavy atom. The van der Waals surface area contributed by atoms with Crippen molar-refractivity contribution in [1.82, 2.24) is 19.7 Å². The molecule has 0 spiro atoms. The number of carbonyl (C=O) groups excluding carboxylic acids is 1. The molecule has 0 aliphatic carbocycles. The Labute approximate surface area is 135 Å². The van der Waals surface area contributed by atoms with Gasteiger partial charge in [-0.05, 0) is 29.7 Å². The first-order valence-electron chi connectivity index (χ1n) is 7.80. The molecule has 0 unspecified atom stereocenters. The highest BCUT2D eigenvalue weighted by Gasteiger charge is 2.07. The van der Waals surface area contributed by atoms with Crippen molar-refractivity contribution in [3.8, 4) is 0 Å². The Bertz CT molecular complexity index is 772. The van der Waals surface area contributed by atoms with Crippen molar-refractivity contribution in [2.75, 3.05) is 6.54 Å². The van der Waals surface area contributed by atoms with Crippen molar-refractivity contribution in [2.24, 2.45) is 0 Å². The van der Waals surface area contributed by atoms with E-state index >= 15 is 0 Å². The zero-order valence-electron chi connectivity index (χ0n) is 13.4. The highest BCUT2D eigenvalue weighted by atomic mass is 16.1. The van der Waals surface area contributed by atoms with Crippen molar-refractivity contribution in [3.05, 3.63) is 65.7 Å². The van der Waals surface area contributed by atoms with E-state index < -0.39 is 0 Å². The second-order valence-electron chi connectivity index (χ2n) is 5.84. The van der Waals surface area contributed by atoms with Crippen LogP contribution in [-0.2, 0) is 6.42 Å². The maximum Gasteiger partial charge on any atom is 0.251 e. The maximum atomic E-state index is 12.1. The van der Waals surface area contributed by atoms with E-state index in [4.69, 9.17) is 0 Å². The van der Waals surface area contributed by atoms with Crippen molar-refractivity contribution in [2.45, 2.75) is 26.2 Å². The maximum absolute atomic E-state index is 12.1. The fourth-order valence-corrected chi connectivity index (χ4v) is 2.43. The second-order valence-corrected chi connectivity index (χ2v) is 5.84. The Balaban J connectivity index is 1.56. The molecule has 1 N–H and O–H groups in total. The first-order chi connectivity index (χ1) is 11.1. The summed E-state index contributed by atoms with van der Waals surface area (Å²) in [6.07, 6.45) is 6.24. The first-order valence-corrected chi connectivity index (χ1v) is 7.80. The minimum atomic E-state index is -0.0535. The van der Waals surface area contributed by atoms with Gasteiger partial charge in [-0.15, -0.1) is 0 Å². The molecule has 1 amide bonds. The minimum absolute atomic E-state index is 0.0535. The number of hydrogen-bond acceptors (Lipinski definition) is 3. The number of benzene rings is 1. The molecule has 0 bridgehead atoms. The largest absolute Gasteiger partial charge is 0.352 e. The van der Waals surface area contributed by atoms with Crippen LogP contribution in [-0.4, -0.2) is 26.8 Å². The average Bonchev–Trinajstić information content (AvgIpc) is 2.97. The molecule has 118 valence electrons. The van der Waals surface area contributed by atoms with Gasteiger partial charge < -0.3 is 5.32 Å². The number of nitrogens with zero attached hydrogens (tertiary/aromatic N) is 3. The molecule has 0 fully saturated rings. The number of hydrogen-bond donors (Lipinski definition) is 1. The van der Waals surface area contributed by atoms with Gasteiger partial charge in [0.25, 0.3) is 5.91 Å². The molecule has 0 atom stereocenters. The number of nitrogens with one attached hydrogen (secondary N) is 1. The molecule has 3 rings (SSSR count). The summed E-state index contributed by atoms with van der Waals surface area (Å²) in [5.41, 5.74) is 2.84. The highest BCUT2D eigenvalue weighted by Crippen LogP contribution is 2.14. The van der Waals surface area contributed by atoms with Gasteiger partial charge >= 0.3 is 0 Å². The van der Waals surface area contributed by atoms with Crippen LogP contribution in [0.15, 0.2) is 48.9 Å². The number of fused-ring (bicyclic) bond motifs is 1. The van der Waals surface area contributed by atoms with E-state index in [1.165, 1.54) is 5.56 Å². The third-order valence-electron chi connectivity index (χ3n) is 3.79. The van der Waals surface area contributed by atoms with Gasteiger partial charge in [-0.3, -0.25) is 9.20 Å². The number of aromatic nitrogens is 3. The van der Waals surface area contributed by atoms with E-state index in [0.29, 0.717) is 30.2 Å². The van der Waals surface area contributed by atoms with E-state index in [-0.39, 0.29) is 5.91 Å². The summed E-state index contributed by atoms with van der Waals surface area (Å²) in [6.45, 7) is 4.83. The summed E-state index contributed by atoms with van der Waals surface area (Å²) in [4.78, 5) is 20.7. The minimum Gasteiger partial charge on any atom is -0.352 e. The number of rotatable bonds is 5. The normalized spacial score (nSPS) is 11.1. The van der Waals surface area contributed by atoms with Crippen LogP contribution < -0.4 is 5.32 Å². The number of carbonyl (C=O) groups is 1. The van der Waals surface area contributed by atoms with Gasteiger partial charge in [0.05, 0.1) is 5.69 Å². The fraction of sp³-hybridized carbons (Fsp3) is 0.278. The van der Waals surface area contributed by atoms with Gasteiger partial charge in [-0.2, -0.15) is 0 Å². The van der Waals surface area contributed by atoms with Gasteiger partial charge in [-0.25, -0.2) is 9.97 Å². The Kier molecular flexibility index (Phi) is 4.37. The van der Waals surface area contributed by atoms with Gasteiger partial charge in [0.1, 0.15) is 0 Å². The number of imidazole rings is 1. The lowest BCUT2D eigenvalue weighted by Crippen LogP contribution is -2.25. The van der Waals surface area contributed by atoms with Gasteiger partial charge in [0.15, 0.2) is 0 Å². The molecule has 23 heavy (non-hydrogen) atoms. The van der Waals surface area contributed by atoms with E-state index in [1.54, 1.807) is 6.20 Å². The average molecular weight is 308 g/mol. The SMILES string of the molecule is CC(C)c1ccc(C(=O)NCCc2cn3cccnc3n2)cc1. The number of amides is 1. The third kappa shape index (κ3) is 3.56. The standard InChI is InChI=1S/C18H20N4O/c1-13(2)14-4-6-15(7-5-14)17(23)19-10-8-16-12-22-11-3-9-20-18(22)21-16/h3-7,9,11-13H,8,10H2,1-2H3,(H,19,23). The van der Waals surface area contributed by atoms with Crippen LogP contribution in [0.25, 0.3) is 5.78 Å². The topological polar surface area (TPSA) is 59.3 Å². The molecule has 2 aromatic heterocycles. The summed E-state index contributed by atoms with van der Waals surface area (Å²) < 4.78 is 1.88. The molecule has 0 radical (unpaired) electrons. The van der Waals surface area contributed by atoms with E-state index in [1.807, 2.05) is 47.1 Å². The van der Waals surface area contributed by atoms with Crippen LogP contribution in [0.4, 0.5) is 0 Å². The smallest absolute Gasteiger partial charge is 0.251 e. The lowest BCUT2D eigenvalue weighted by atomic mass is 10.0. The van der Waals surface area contributed by atoms with Crippen LogP contribution in [0.5, 0.6) is 0 Å². The molecule has 3 aromatic rings. The molecule has 0 aliphatic rings. The van der Waals surface area contributed by atoms with Crippen molar-refractivity contribution >= 4 is 11.7 Å². The van der Waals surface area contributed by atoms with Gasteiger partial charge in [-0.1, -0.05) is 26.0 Å². The van der Waals surface area contributed by atoms with Gasteiger partial charge in [0.2, 0.25) is 5.78 Å². The van der Waals surface area contributed by atoms with Gasteiger partial charge in [0, 0.05) is 37.1 Å². The lowest BCUT2D eigenvalue weighted by molar-refractivity contribution is 0.0954. The molecule has 0 aliphatic heterocycles. The van der Waals surface area contributed by atoms with Crippen LogP contribution in [0.1, 0.15) is 41.4 Å². The summed E-state index contributed by atoms with van der Waals surface area (Å²) in [5, 5.41) is 2.93. The second kappa shape index (κ2) is 6.60. The Morgan fingerprint density at radius 3 is 2.74 bits per heavy atom. The van der Waals surface area contributed by atoms with E-state index in [2.05, 4.69) is 29.1 Å². The van der Waals surface area contributed by atoms with Crippen molar-refractivity contribution < 1.29 is 4.79 Å². The zero-order valence-corrected chi connectivity index (χ0v) is 13.4. The highest BCUT2D eigenvalue weighted by molar-refractivity contribution is 5.94. The molecule has 2 heterocycles. The Hall–Kier alpha value is -2.69. The molecule has 5 heteroatoms. The molecule has 5 nitrogen and oxygen atoms in total. The molecular weight excluding hydrogens is 288 g/mol. The fourth-order valence-electron chi connectivity index (χ4n) is 2.43. The summed E-state index contributed by atoms with van der Waals surface area (Å²) in [7, 11) is 0.